The molecule has 2 aromatic rings. The van der Waals surface area contributed by atoms with Gasteiger partial charge in [0.05, 0.1) is 5.69 Å². The number of rotatable bonds is 1. The molecule has 0 unspecified atom stereocenters. The number of aliphatic imine (C=N–C) groups is 1. The predicted molar refractivity (Wildman–Crippen MR) is 93.3 cm³/mol. The fourth-order valence-corrected chi connectivity index (χ4v) is 2.52. The van der Waals surface area contributed by atoms with Crippen molar-refractivity contribution in [1.82, 2.24) is 10.9 Å². The highest BCUT2D eigenvalue weighted by molar-refractivity contribution is 6.31. The van der Waals surface area contributed by atoms with Crippen molar-refractivity contribution in [2.45, 2.75) is 0 Å². The second-order valence-corrected chi connectivity index (χ2v) is 5.66. The maximum absolute atomic E-state index is 12.1. The number of likely N-dealkylation sites (N-methyl/N-ethyl adjacent to an activating group) is 1. The number of hydrogen-bond donors (Lipinski definition) is 2. The van der Waals surface area contributed by atoms with E-state index in [1.807, 2.05) is 6.07 Å². The van der Waals surface area contributed by atoms with E-state index in [0.29, 0.717) is 27.7 Å². The summed E-state index contributed by atoms with van der Waals surface area (Å²) < 4.78 is 0. The number of hydrazine groups is 1. The minimum atomic E-state index is -0.300. The summed E-state index contributed by atoms with van der Waals surface area (Å²) in [5, 5.41) is 0.514. The number of amidine groups is 1. The number of carbonyl (C=O) groups is 2. The number of carbonyl (C=O) groups excluding carboxylic acids is 2. The van der Waals surface area contributed by atoms with Gasteiger partial charge in [-0.25, -0.2) is 0 Å². The van der Waals surface area contributed by atoms with E-state index < -0.39 is 0 Å². The van der Waals surface area contributed by atoms with Crippen molar-refractivity contribution in [2.24, 2.45) is 4.99 Å². The third-order valence-corrected chi connectivity index (χ3v) is 3.89. The van der Waals surface area contributed by atoms with E-state index >= 15 is 0 Å². The lowest BCUT2D eigenvalue weighted by atomic mass is 10.1. The van der Waals surface area contributed by atoms with E-state index in [4.69, 9.17) is 11.6 Å². The van der Waals surface area contributed by atoms with E-state index in [9.17, 15) is 9.59 Å². The average Bonchev–Trinajstić information content (AvgIpc) is 2.71. The predicted octanol–water partition coefficient (Wildman–Crippen LogP) is 2.00. The highest BCUT2D eigenvalue weighted by Gasteiger charge is 2.22. The zero-order valence-electron chi connectivity index (χ0n) is 12.9. The topological polar surface area (TPSA) is 73.8 Å². The van der Waals surface area contributed by atoms with E-state index in [1.165, 1.54) is 4.90 Å². The van der Waals surface area contributed by atoms with Gasteiger partial charge in [0.2, 0.25) is 5.91 Å². The molecule has 0 saturated carbocycles. The molecule has 1 heterocycles. The first-order valence-electron chi connectivity index (χ1n) is 7.28. The SMILES string of the molecule is CN1C(=O)CN=C(NNC(=O)c2ccccc2)c2cc(Cl)ccc21. The second-order valence-electron chi connectivity index (χ2n) is 5.22. The summed E-state index contributed by atoms with van der Waals surface area (Å²) >= 11 is 6.06. The minimum Gasteiger partial charge on any atom is -0.313 e. The summed E-state index contributed by atoms with van der Waals surface area (Å²) in [7, 11) is 1.68. The smallest absolute Gasteiger partial charge is 0.269 e. The van der Waals surface area contributed by atoms with Gasteiger partial charge in [-0.2, -0.15) is 0 Å². The Labute approximate surface area is 144 Å². The van der Waals surface area contributed by atoms with Crippen LogP contribution in [-0.4, -0.2) is 31.2 Å². The van der Waals surface area contributed by atoms with Crippen LogP contribution in [-0.2, 0) is 4.79 Å². The Morgan fingerprint density at radius 3 is 2.71 bits per heavy atom. The van der Waals surface area contributed by atoms with Crippen molar-refractivity contribution < 1.29 is 9.59 Å². The van der Waals surface area contributed by atoms with Gasteiger partial charge in [0.15, 0.2) is 0 Å². The molecule has 6 nitrogen and oxygen atoms in total. The number of anilines is 1. The molecule has 0 spiro atoms. The molecule has 2 amide bonds. The van der Waals surface area contributed by atoms with E-state index in [-0.39, 0.29) is 18.4 Å². The number of fused-ring (bicyclic) bond motifs is 1. The monoisotopic (exact) mass is 342 g/mol. The number of nitrogens with one attached hydrogen (secondary N) is 2. The van der Waals surface area contributed by atoms with Crippen LogP contribution in [0.25, 0.3) is 0 Å². The highest BCUT2D eigenvalue weighted by Crippen LogP contribution is 2.25. The first kappa shape index (κ1) is 16.0. The lowest BCUT2D eigenvalue weighted by Crippen LogP contribution is -2.42. The molecule has 0 atom stereocenters. The number of benzodiazepines with no additional fused rings is 1. The van der Waals surface area contributed by atoms with E-state index in [1.54, 1.807) is 49.5 Å². The molecule has 0 fully saturated rings. The van der Waals surface area contributed by atoms with Gasteiger partial charge in [0, 0.05) is 23.2 Å². The van der Waals surface area contributed by atoms with E-state index in [2.05, 4.69) is 15.8 Å². The van der Waals surface area contributed by atoms with Crippen molar-refractivity contribution in [3.8, 4) is 0 Å². The maximum Gasteiger partial charge on any atom is 0.269 e. The first-order valence-corrected chi connectivity index (χ1v) is 7.66. The Kier molecular flexibility index (Phi) is 4.48. The number of halogens is 1. The molecule has 3 rings (SSSR count). The van der Waals surface area contributed by atoms with Gasteiger partial charge < -0.3 is 4.90 Å². The summed E-state index contributed by atoms with van der Waals surface area (Å²) in [6.07, 6.45) is 0. The van der Waals surface area contributed by atoms with Crippen LogP contribution >= 0.6 is 11.6 Å². The van der Waals surface area contributed by atoms with Crippen molar-refractivity contribution in [3.05, 3.63) is 64.7 Å². The Hall–Kier alpha value is -2.86. The molecule has 7 heteroatoms. The average molecular weight is 343 g/mol. The fourth-order valence-electron chi connectivity index (χ4n) is 2.35. The van der Waals surface area contributed by atoms with E-state index in [0.717, 1.165) is 0 Å². The Bertz CT molecular complexity index is 821. The number of amides is 2. The van der Waals surface area contributed by atoms with Crippen LogP contribution in [0, 0.1) is 0 Å². The highest BCUT2D eigenvalue weighted by atomic mass is 35.5. The molecule has 1 aliphatic heterocycles. The summed E-state index contributed by atoms with van der Waals surface area (Å²) in [6.45, 7) is -0.0215. The molecule has 122 valence electrons. The van der Waals surface area contributed by atoms with Crippen LogP contribution < -0.4 is 15.8 Å². The molecule has 0 aromatic heterocycles. The molecule has 24 heavy (non-hydrogen) atoms. The molecule has 2 N–H and O–H groups in total. The largest absolute Gasteiger partial charge is 0.313 e. The van der Waals surface area contributed by atoms with Crippen molar-refractivity contribution in [2.75, 3.05) is 18.5 Å². The summed E-state index contributed by atoms with van der Waals surface area (Å²) in [5.74, 6) is -0.0648. The third kappa shape index (κ3) is 3.23. The van der Waals surface area contributed by atoms with Crippen LogP contribution in [0.1, 0.15) is 15.9 Å². The van der Waals surface area contributed by atoms with Gasteiger partial charge in [0.25, 0.3) is 5.91 Å². The number of hydrogen-bond acceptors (Lipinski definition) is 4. The second kappa shape index (κ2) is 6.72. The lowest BCUT2D eigenvalue weighted by molar-refractivity contribution is -0.116. The molecule has 0 saturated heterocycles. The standard InChI is InChI=1S/C17H15ClN4O2/c1-22-14-8-7-12(18)9-13(14)16(19-10-15(22)23)20-21-17(24)11-5-3-2-4-6-11/h2-9H,10H2,1H3,(H,19,20)(H,21,24). The molecule has 2 aromatic carbocycles. The molecule has 1 aliphatic rings. The van der Waals surface area contributed by atoms with Crippen molar-refractivity contribution in [1.29, 1.82) is 0 Å². The molecular formula is C17H15ClN4O2. The van der Waals surface area contributed by atoms with Crippen LogP contribution in [0.3, 0.4) is 0 Å². The van der Waals surface area contributed by atoms with Crippen LogP contribution in [0.2, 0.25) is 5.02 Å². The van der Waals surface area contributed by atoms with Crippen LogP contribution in [0.4, 0.5) is 5.69 Å². The van der Waals surface area contributed by atoms with Gasteiger partial charge in [-0.1, -0.05) is 29.8 Å². The minimum absolute atomic E-state index is 0.0215. The van der Waals surface area contributed by atoms with Gasteiger partial charge in [-0.3, -0.25) is 25.4 Å². The Morgan fingerprint density at radius 1 is 1.21 bits per heavy atom. The zero-order chi connectivity index (χ0) is 17.1. The quantitative estimate of drug-likeness (QED) is 0.778. The van der Waals surface area contributed by atoms with Gasteiger partial charge in [0.1, 0.15) is 12.4 Å². The molecule has 0 bridgehead atoms. The van der Waals surface area contributed by atoms with Gasteiger partial charge in [-0.15, -0.1) is 0 Å². The molecule has 0 radical (unpaired) electrons. The maximum atomic E-state index is 12.1. The normalized spacial score (nSPS) is 13.7. The van der Waals surface area contributed by atoms with Gasteiger partial charge in [-0.05, 0) is 30.3 Å². The van der Waals surface area contributed by atoms with Gasteiger partial charge >= 0.3 is 0 Å². The van der Waals surface area contributed by atoms with Crippen LogP contribution in [0.15, 0.2) is 53.5 Å². The van der Waals surface area contributed by atoms with Crippen molar-refractivity contribution in [3.63, 3.8) is 0 Å². The Balaban J connectivity index is 1.85. The first-order chi connectivity index (χ1) is 11.6. The fraction of sp³-hybridized carbons (Fsp3) is 0.118. The third-order valence-electron chi connectivity index (χ3n) is 3.65. The summed E-state index contributed by atoms with van der Waals surface area (Å²) in [4.78, 5) is 29.9. The lowest BCUT2D eigenvalue weighted by Gasteiger charge is -2.18. The molecular weight excluding hydrogens is 328 g/mol. The summed E-state index contributed by atoms with van der Waals surface area (Å²) in [5.41, 5.74) is 7.22. The van der Waals surface area contributed by atoms with Crippen molar-refractivity contribution >= 4 is 34.9 Å². The summed E-state index contributed by atoms with van der Waals surface area (Å²) in [6, 6.07) is 13.9. The van der Waals surface area contributed by atoms with Crippen LogP contribution in [0.5, 0.6) is 0 Å². The zero-order valence-corrected chi connectivity index (χ0v) is 13.7. The number of nitrogens with zero attached hydrogens (tertiary/aromatic N) is 2. The Morgan fingerprint density at radius 2 is 1.96 bits per heavy atom. The number of benzene rings is 2. The molecule has 0 aliphatic carbocycles.